The Bertz CT molecular complexity index is 236. The van der Waals surface area contributed by atoms with Crippen LogP contribution in [0, 0.1) is 5.92 Å². The first kappa shape index (κ1) is 11.9. The molecule has 2 rings (SSSR count). The van der Waals surface area contributed by atoms with Gasteiger partial charge in [0.15, 0.2) is 0 Å². The molecule has 1 heterocycles. The number of likely N-dealkylation sites (tertiary alicyclic amines) is 1. The van der Waals surface area contributed by atoms with E-state index in [4.69, 9.17) is 0 Å². The average Bonchev–Trinajstić information content (AvgIpc) is 2.33. The molecule has 0 spiro atoms. The summed E-state index contributed by atoms with van der Waals surface area (Å²) in [6.07, 6.45) is 9.92. The zero-order valence-corrected chi connectivity index (χ0v) is 10.4. The zero-order valence-electron chi connectivity index (χ0n) is 10.4. The molecule has 92 valence electrons. The van der Waals surface area contributed by atoms with E-state index in [1.165, 1.54) is 32.1 Å². The maximum Gasteiger partial charge on any atom is 0.224 e. The normalized spacial score (nSPS) is 28.9. The van der Waals surface area contributed by atoms with Crippen LogP contribution in [-0.2, 0) is 4.79 Å². The molecule has 1 aliphatic carbocycles. The van der Waals surface area contributed by atoms with Crippen molar-refractivity contribution in [1.29, 1.82) is 0 Å². The molecular formula is C13H24N2O. The molecule has 0 bridgehead atoms. The monoisotopic (exact) mass is 224 g/mol. The van der Waals surface area contributed by atoms with E-state index in [-0.39, 0.29) is 0 Å². The first-order valence-electron chi connectivity index (χ1n) is 6.78. The standard InChI is InChI=1S/C13H24N2O/c1-15-10-6-5-9-12(15)14-13(16)11-7-3-2-4-8-11/h11-12H,2-10H2,1H3,(H,14,16). The van der Waals surface area contributed by atoms with E-state index >= 15 is 0 Å². The van der Waals surface area contributed by atoms with Gasteiger partial charge in [0, 0.05) is 5.92 Å². The summed E-state index contributed by atoms with van der Waals surface area (Å²) in [4.78, 5) is 14.4. The molecule has 1 N–H and O–H groups in total. The van der Waals surface area contributed by atoms with Crippen molar-refractivity contribution in [2.75, 3.05) is 13.6 Å². The summed E-state index contributed by atoms with van der Waals surface area (Å²) in [6, 6.07) is 0. The van der Waals surface area contributed by atoms with Crippen molar-refractivity contribution < 1.29 is 4.79 Å². The van der Waals surface area contributed by atoms with Crippen LogP contribution in [0.4, 0.5) is 0 Å². The minimum Gasteiger partial charge on any atom is -0.340 e. The van der Waals surface area contributed by atoms with Gasteiger partial charge >= 0.3 is 0 Å². The lowest BCUT2D eigenvalue weighted by Crippen LogP contribution is -2.50. The van der Waals surface area contributed by atoms with Crippen molar-refractivity contribution >= 4 is 5.91 Å². The Balaban J connectivity index is 1.80. The molecule has 1 saturated carbocycles. The third-order valence-corrected chi connectivity index (χ3v) is 4.06. The summed E-state index contributed by atoms with van der Waals surface area (Å²) in [5, 5.41) is 3.23. The second-order valence-corrected chi connectivity index (χ2v) is 5.34. The van der Waals surface area contributed by atoms with Crippen LogP contribution in [-0.4, -0.2) is 30.6 Å². The van der Waals surface area contributed by atoms with E-state index in [1.54, 1.807) is 0 Å². The van der Waals surface area contributed by atoms with Crippen LogP contribution in [0.2, 0.25) is 0 Å². The molecule has 0 aromatic rings. The topological polar surface area (TPSA) is 32.3 Å². The lowest BCUT2D eigenvalue weighted by Gasteiger charge is -2.34. The summed E-state index contributed by atoms with van der Waals surface area (Å²) in [6.45, 7) is 1.12. The first-order chi connectivity index (χ1) is 7.77. The number of carbonyl (C=O) groups is 1. The van der Waals surface area contributed by atoms with Crippen LogP contribution < -0.4 is 5.32 Å². The highest BCUT2D eigenvalue weighted by Gasteiger charge is 2.25. The van der Waals surface area contributed by atoms with Gasteiger partial charge in [0.25, 0.3) is 0 Å². The number of hydrogen-bond acceptors (Lipinski definition) is 2. The lowest BCUT2D eigenvalue weighted by molar-refractivity contribution is -0.128. The molecule has 1 amide bonds. The molecule has 2 fully saturated rings. The summed E-state index contributed by atoms with van der Waals surface area (Å²) in [7, 11) is 2.12. The second kappa shape index (κ2) is 5.67. The molecule has 1 aliphatic heterocycles. The summed E-state index contributed by atoms with van der Waals surface area (Å²) < 4.78 is 0. The number of carbonyl (C=O) groups excluding carboxylic acids is 1. The molecule has 1 unspecified atom stereocenters. The van der Waals surface area contributed by atoms with E-state index in [9.17, 15) is 4.79 Å². The predicted molar refractivity (Wildman–Crippen MR) is 65.0 cm³/mol. The van der Waals surface area contributed by atoms with Gasteiger partial charge in [-0.15, -0.1) is 0 Å². The van der Waals surface area contributed by atoms with Gasteiger partial charge in [-0.25, -0.2) is 0 Å². The Labute approximate surface area is 98.6 Å². The van der Waals surface area contributed by atoms with E-state index in [1.807, 2.05) is 0 Å². The van der Waals surface area contributed by atoms with Gasteiger partial charge in [0.05, 0.1) is 6.17 Å². The Kier molecular flexibility index (Phi) is 4.22. The number of nitrogens with zero attached hydrogens (tertiary/aromatic N) is 1. The van der Waals surface area contributed by atoms with Gasteiger partial charge in [-0.1, -0.05) is 19.3 Å². The van der Waals surface area contributed by atoms with Crippen LogP contribution >= 0.6 is 0 Å². The Morgan fingerprint density at radius 2 is 1.75 bits per heavy atom. The molecule has 1 saturated heterocycles. The van der Waals surface area contributed by atoms with Crippen LogP contribution in [0.5, 0.6) is 0 Å². The smallest absolute Gasteiger partial charge is 0.224 e. The van der Waals surface area contributed by atoms with Crippen LogP contribution in [0.15, 0.2) is 0 Å². The quantitative estimate of drug-likeness (QED) is 0.779. The van der Waals surface area contributed by atoms with Gasteiger partial charge in [0.1, 0.15) is 0 Å². The van der Waals surface area contributed by atoms with Crippen molar-refractivity contribution in [3.05, 3.63) is 0 Å². The summed E-state index contributed by atoms with van der Waals surface area (Å²) in [5.41, 5.74) is 0. The fourth-order valence-corrected chi connectivity index (χ4v) is 2.90. The number of hydrogen-bond donors (Lipinski definition) is 1. The average molecular weight is 224 g/mol. The van der Waals surface area contributed by atoms with Gasteiger partial charge in [-0.2, -0.15) is 0 Å². The van der Waals surface area contributed by atoms with Crippen LogP contribution in [0.3, 0.4) is 0 Å². The minimum absolute atomic E-state index is 0.295. The Hall–Kier alpha value is -0.570. The molecule has 1 atom stereocenters. The highest BCUT2D eigenvalue weighted by molar-refractivity contribution is 5.78. The second-order valence-electron chi connectivity index (χ2n) is 5.34. The third-order valence-electron chi connectivity index (χ3n) is 4.06. The minimum atomic E-state index is 0.295. The van der Waals surface area contributed by atoms with Gasteiger partial charge < -0.3 is 5.32 Å². The number of nitrogens with one attached hydrogen (secondary N) is 1. The fourth-order valence-electron chi connectivity index (χ4n) is 2.90. The van der Waals surface area contributed by atoms with Gasteiger partial charge in [-0.3, -0.25) is 9.69 Å². The van der Waals surface area contributed by atoms with E-state index < -0.39 is 0 Å². The molecular weight excluding hydrogens is 200 g/mol. The summed E-state index contributed by atoms with van der Waals surface area (Å²) in [5.74, 6) is 0.600. The molecule has 3 heteroatoms. The number of piperidine rings is 1. The van der Waals surface area contributed by atoms with Gasteiger partial charge in [-0.05, 0) is 45.7 Å². The maximum absolute atomic E-state index is 12.1. The van der Waals surface area contributed by atoms with E-state index in [2.05, 4.69) is 17.3 Å². The van der Waals surface area contributed by atoms with Crippen LogP contribution in [0.1, 0.15) is 51.4 Å². The van der Waals surface area contributed by atoms with Gasteiger partial charge in [0.2, 0.25) is 5.91 Å². The molecule has 3 nitrogen and oxygen atoms in total. The largest absolute Gasteiger partial charge is 0.340 e. The maximum atomic E-state index is 12.1. The first-order valence-corrected chi connectivity index (χ1v) is 6.78. The summed E-state index contributed by atoms with van der Waals surface area (Å²) >= 11 is 0. The van der Waals surface area contributed by atoms with Crippen molar-refractivity contribution in [3.8, 4) is 0 Å². The van der Waals surface area contributed by atoms with Crippen molar-refractivity contribution in [2.24, 2.45) is 5.92 Å². The van der Waals surface area contributed by atoms with E-state index in [0.29, 0.717) is 18.0 Å². The van der Waals surface area contributed by atoms with E-state index in [0.717, 1.165) is 25.8 Å². The Morgan fingerprint density at radius 3 is 2.44 bits per heavy atom. The predicted octanol–water partition coefficient (Wildman–Crippen LogP) is 2.12. The highest BCUT2D eigenvalue weighted by Crippen LogP contribution is 2.24. The fraction of sp³-hybridized carbons (Fsp3) is 0.923. The Morgan fingerprint density at radius 1 is 1.06 bits per heavy atom. The molecule has 16 heavy (non-hydrogen) atoms. The van der Waals surface area contributed by atoms with Crippen molar-refractivity contribution in [1.82, 2.24) is 10.2 Å². The highest BCUT2D eigenvalue weighted by atomic mass is 16.2. The molecule has 0 aromatic carbocycles. The number of amides is 1. The van der Waals surface area contributed by atoms with Crippen LogP contribution in [0.25, 0.3) is 0 Å². The molecule has 2 aliphatic rings. The SMILES string of the molecule is CN1CCCCC1NC(=O)C1CCCCC1. The zero-order chi connectivity index (χ0) is 11.4. The van der Waals surface area contributed by atoms with Crippen molar-refractivity contribution in [2.45, 2.75) is 57.5 Å². The third kappa shape index (κ3) is 2.97. The molecule has 0 radical (unpaired) electrons. The molecule has 0 aromatic heterocycles. The van der Waals surface area contributed by atoms with Crippen molar-refractivity contribution in [3.63, 3.8) is 0 Å². The number of rotatable bonds is 2. The lowest BCUT2D eigenvalue weighted by atomic mass is 9.88.